The molecule has 3 rings (SSSR count). The van der Waals surface area contributed by atoms with E-state index in [9.17, 15) is 8.42 Å². The third kappa shape index (κ3) is 4.22. The van der Waals surface area contributed by atoms with Gasteiger partial charge in [-0.25, -0.2) is 18.4 Å². The molecule has 0 aliphatic carbocycles. The van der Waals surface area contributed by atoms with Crippen molar-refractivity contribution in [2.24, 2.45) is 0 Å². The quantitative estimate of drug-likeness (QED) is 0.688. The molecule has 9 heteroatoms. The minimum Gasteiger partial charge on any atom is -0.495 e. The van der Waals surface area contributed by atoms with E-state index in [-0.39, 0.29) is 21.6 Å². The van der Waals surface area contributed by atoms with E-state index in [0.29, 0.717) is 11.5 Å². The summed E-state index contributed by atoms with van der Waals surface area (Å²) >= 11 is 5.98. The molecule has 1 heterocycles. The number of hydrogen-bond donors (Lipinski definition) is 1. The largest absolute Gasteiger partial charge is 0.495 e. The van der Waals surface area contributed by atoms with Crippen LogP contribution in [0.4, 0.5) is 5.69 Å². The Hall–Kier alpha value is -2.84. The van der Waals surface area contributed by atoms with Crippen LogP contribution in [-0.4, -0.2) is 25.5 Å². The predicted octanol–water partition coefficient (Wildman–Crippen LogP) is 3.73. The van der Waals surface area contributed by atoms with Crippen LogP contribution in [-0.2, 0) is 10.0 Å². The number of halogens is 1. The number of nitrogens with zero attached hydrogens (tertiary/aromatic N) is 2. The minimum atomic E-state index is -3.84. The fourth-order valence-electron chi connectivity index (χ4n) is 2.04. The van der Waals surface area contributed by atoms with E-state index >= 15 is 0 Å². The van der Waals surface area contributed by atoms with Crippen LogP contribution in [0.3, 0.4) is 0 Å². The smallest absolute Gasteiger partial charge is 0.322 e. The van der Waals surface area contributed by atoms with Crippen LogP contribution in [0.5, 0.6) is 17.5 Å². The second kappa shape index (κ2) is 7.59. The molecular weight excluding hydrogens is 378 g/mol. The van der Waals surface area contributed by atoms with Gasteiger partial charge in [0, 0.05) is 0 Å². The predicted molar refractivity (Wildman–Crippen MR) is 97.4 cm³/mol. The van der Waals surface area contributed by atoms with Crippen molar-refractivity contribution in [2.45, 2.75) is 4.90 Å². The first-order valence-corrected chi connectivity index (χ1v) is 9.25. The first-order valence-electron chi connectivity index (χ1n) is 7.39. The van der Waals surface area contributed by atoms with Crippen LogP contribution in [0.1, 0.15) is 0 Å². The highest BCUT2D eigenvalue weighted by Gasteiger charge is 2.17. The normalized spacial score (nSPS) is 11.0. The van der Waals surface area contributed by atoms with E-state index < -0.39 is 10.0 Å². The number of para-hydroxylation sites is 1. The SMILES string of the molecule is COc1ccc(S(=O)(=O)Nc2cnc(Oc3ccccc3)nc2)cc1Cl. The lowest BCUT2D eigenvalue weighted by Crippen LogP contribution is -2.13. The number of aromatic nitrogens is 2. The van der Waals surface area contributed by atoms with E-state index in [1.54, 1.807) is 12.1 Å². The average molecular weight is 392 g/mol. The molecule has 0 fully saturated rings. The Labute approximate surface area is 155 Å². The van der Waals surface area contributed by atoms with Crippen LogP contribution < -0.4 is 14.2 Å². The molecule has 0 radical (unpaired) electrons. The van der Waals surface area contributed by atoms with Crippen LogP contribution in [0, 0.1) is 0 Å². The van der Waals surface area contributed by atoms with Crippen LogP contribution in [0.15, 0.2) is 65.8 Å². The molecule has 3 aromatic rings. The van der Waals surface area contributed by atoms with Crippen molar-refractivity contribution in [3.8, 4) is 17.5 Å². The molecule has 0 saturated heterocycles. The third-order valence-electron chi connectivity index (χ3n) is 3.27. The highest BCUT2D eigenvalue weighted by molar-refractivity contribution is 7.92. The van der Waals surface area contributed by atoms with Gasteiger partial charge in [0.25, 0.3) is 10.0 Å². The Morgan fingerprint density at radius 2 is 1.73 bits per heavy atom. The van der Waals surface area contributed by atoms with Crippen molar-refractivity contribution in [3.05, 3.63) is 65.9 Å². The summed E-state index contributed by atoms with van der Waals surface area (Å²) in [4.78, 5) is 7.97. The molecule has 0 amide bonds. The van der Waals surface area contributed by atoms with Gasteiger partial charge < -0.3 is 9.47 Å². The summed E-state index contributed by atoms with van der Waals surface area (Å²) in [5.74, 6) is 0.963. The molecule has 1 N–H and O–H groups in total. The summed E-state index contributed by atoms with van der Waals surface area (Å²) in [6, 6.07) is 13.3. The number of hydrogen-bond acceptors (Lipinski definition) is 6. The summed E-state index contributed by atoms with van der Waals surface area (Å²) in [5, 5.41) is 0.193. The van der Waals surface area contributed by atoms with Crippen molar-refractivity contribution in [1.29, 1.82) is 0 Å². The number of methoxy groups -OCH3 is 1. The zero-order valence-electron chi connectivity index (χ0n) is 13.6. The van der Waals surface area contributed by atoms with E-state index in [1.807, 2.05) is 18.2 Å². The first-order chi connectivity index (χ1) is 12.5. The lowest BCUT2D eigenvalue weighted by Gasteiger charge is -2.10. The first kappa shape index (κ1) is 18.0. The number of ether oxygens (including phenoxy) is 2. The van der Waals surface area contributed by atoms with E-state index in [4.69, 9.17) is 21.1 Å². The van der Waals surface area contributed by atoms with Crippen molar-refractivity contribution < 1.29 is 17.9 Å². The van der Waals surface area contributed by atoms with Gasteiger partial charge in [-0.2, -0.15) is 0 Å². The monoisotopic (exact) mass is 391 g/mol. The Balaban J connectivity index is 1.74. The molecule has 0 bridgehead atoms. The lowest BCUT2D eigenvalue weighted by atomic mass is 10.3. The Bertz CT molecular complexity index is 996. The fourth-order valence-corrected chi connectivity index (χ4v) is 3.42. The Kier molecular flexibility index (Phi) is 5.24. The maximum Gasteiger partial charge on any atom is 0.322 e. The van der Waals surface area contributed by atoms with Gasteiger partial charge in [0.15, 0.2) is 0 Å². The lowest BCUT2D eigenvalue weighted by molar-refractivity contribution is 0.414. The number of nitrogens with one attached hydrogen (secondary N) is 1. The maximum atomic E-state index is 12.4. The van der Waals surface area contributed by atoms with Gasteiger partial charge in [0.05, 0.1) is 35.1 Å². The minimum absolute atomic E-state index is 0.00656. The van der Waals surface area contributed by atoms with Crippen molar-refractivity contribution >= 4 is 27.3 Å². The second-order valence-electron chi connectivity index (χ2n) is 5.07. The standard InChI is InChI=1S/C17H14ClN3O4S/c1-24-16-8-7-14(9-15(16)18)26(22,23)21-12-10-19-17(20-11-12)25-13-5-3-2-4-6-13/h2-11,21H,1H3. The molecule has 0 saturated carbocycles. The molecule has 0 spiro atoms. The van der Waals surface area contributed by atoms with E-state index in [0.717, 1.165) is 0 Å². The van der Waals surface area contributed by atoms with Crippen LogP contribution in [0.2, 0.25) is 5.02 Å². The Morgan fingerprint density at radius 3 is 2.35 bits per heavy atom. The number of sulfonamides is 1. The van der Waals surface area contributed by atoms with Gasteiger partial charge in [-0.15, -0.1) is 0 Å². The zero-order valence-corrected chi connectivity index (χ0v) is 15.2. The molecule has 1 aromatic heterocycles. The topological polar surface area (TPSA) is 90.4 Å². The summed E-state index contributed by atoms with van der Waals surface area (Å²) in [6.45, 7) is 0. The molecule has 0 unspecified atom stereocenters. The van der Waals surface area contributed by atoms with Gasteiger partial charge in [0.1, 0.15) is 11.5 Å². The van der Waals surface area contributed by atoms with Gasteiger partial charge in [-0.3, -0.25) is 4.72 Å². The van der Waals surface area contributed by atoms with Crippen molar-refractivity contribution in [1.82, 2.24) is 9.97 Å². The summed E-state index contributed by atoms with van der Waals surface area (Å²) in [6.07, 6.45) is 2.63. The highest BCUT2D eigenvalue weighted by Crippen LogP contribution is 2.28. The molecule has 26 heavy (non-hydrogen) atoms. The number of rotatable bonds is 6. The van der Waals surface area contributed by atoms with Gasteiger partial charge >= 0.3 is 6.01 Å². The van der Waals surface area contributed by atoms with Crippen molar-refractivity contribution in [3.63, 3.8) is 0 Å². The van der Waals surface area contributed by atoms with Crippen LogP contribution in [0.25, 0.3) is 0 Å². The summed E-state index contributed by atoms with van der Waals surface area (Å²) in [5.41, 5.74) is 0.192. The van der Waals surface area contributed by atoms with E-state index in [2.05, 4.69) is 14.7 Å². The van der Waals surface area contributed by atoms with Gasteiger partial charge in [0.2, 0.25) is 0 Å². The molecule has 134 valence electrons. The molecule has 2 aromatic carbocycles. The number of benzene rings is 2. The fraction of sp³-hybridized carbons (Fsp3) is 0.0588. The van der Waals surface area contributed by atoms with Gasteiger partial charge in [-0.1, -0.05) is 29.8 Å². The van der Waals surface area contributed by atoms with E-state index in [1.165, 1.54) is 37.7 Å². The third-order valence-corrected chi connectivity index (χ3v) is 4.94. The maximum absolute atomic E-state index is 12.4. The molecule has 0 aliphatic heterocycles. The summed E-state index contributed by atoms with van der Waals surface area (Å²) in [7, 11) is -2.39. The Morgan fingerprint density at radius 1 is 1.04 bits per heavy atom. The molecular formula is C17H14ClN3O4S. The molecule has 0 atom stereocenters. The van der Waals surface area contributed by atoms with Crippen molar-refractivity contribution in [2.75, 3.05) is 11.8 Å². The summed E-state index contributed by atoms with van der Waals surface area (Å²) < 4.78 is 37.7. The second-order valence-corrected chi connectivity index (χ2v) is 7.16. The zero-order chi connectivity index (χ0) is 18.6. The average Bonchev–Trinajstić information content (AvgIpc) is 2.64. The molecule has 0 aliphatic rings. The van der Waals surface area contributed by atoms with Crippen LogP contribution >= 0.6 is 11.6 Å². The van der Waals surface area contributed by atoms with Gasteiger partial charge in [-0.05, 0) is 30.3 Å². The highest BCUT2D eigenvalue weighted by atomic mass is 35.5. The number of anilines is 1. The molecule has 7 nitrogen and oxygen atoms in total.